The van der Waals surface area contributed by atoms with E-state index >= 15 is 0 Å². The molecule has 1 aromatic rings. The first-order chi connectivity index (χ1) is 7.19. The number of hydrogen-bond acceptors (Lipinski definition) is 7. The number of oxime groups is 1. The van der Waals surface area contributed by atoms with E-state index in [1.807, 2.05) is 0 Å². The Labute approximate surface area is 88.5 Å². The molecule has 1 rings (SSSR count). The van der Waals surface area contributed by atoms with Crippen molar-refractivity contribution in [1.29, 1.82) is 0 Å². The summed E-state index contributed by atoms with van der Waals surface area (Å²) in [5.41, 5.74) is 5.35. The molecule has 0 fully saturated rings. The highest BCUT2D eigenvalue weighted by atomic mass is 32.1. The van der Waals surface area contributed by atoms with Crippen molar-refractivity contribution >= 4 is 28.1 Å². The van der Waals surface area contributed by atoms with Crippen LogP contribution in [0.3, 0.4) is 0 Å². The Morgan fingerprint density at radius 1 is 1.80 bits per heavy atom. The number of aromatic nitrogens is 1. The van der Waals surface area contributed by atoms with Crippen LogP contribution in [0, 0.1) is 0 Å². The van der Waals surface area contributed by atoms with E-state index in [0.29, 0.717) is 0 Å². The van der Waals surface area contributed by atoms with E-state index in [1.165, 1.54) is 12.5 Å². The number of nitrogen functional groups attached to an aromatic ring is 1. The van der Waals surface area contributed by atoms with Gasteiger partial charge in [-0.1, -0.05) is 5.16 Å². The number of methoxy groups -OCH3 is 1. The third-order valence-corrected chi connectivity index (χ3v) is 2.02. The number of carbonyl (C=O) groups excluding carboxylic acids is 1. The minimum absolute atomic E-state index is 0.192. The molecule has 0 saturated carbocycles. The number of nitrogens with zero attached hydrogens (tertiary/aromatic N) is 2. The second-order valence-electron chi connectivity index (χ2n) is 2.24. The molecule has 1 heterocycles. The first-order valence-electron chi connectivity index (χ1n) is 3.74. The summed E-state index contributed by atoms with van der Waals surface area (Å²) in [5, 5.41) is 5.01. The Kier molecular flexibility index (Phi) is 3.98. The molecular formula is C7H8FN3O3S. The number of carbonyl (C=O) groups is 1. The number of nitrogens with two attached hydrogens (primary N) is 1. The van der Waals surface area contributed by atoms with Gasteiger partial charge in [-0.2, -0.15) is 0 Å². The zero-order valence-corrected chi connectivity index (χ0v) is 8.58. The van der Waals surface area contributed by atoms with Crippen molar-refractivity contribution in [2.75, 3.05) is 19.7 Å². The molecule has 0 aromatic carbocycles. The summed E-state index contributed by atoms with van der Waals surface area (Å²) in [6, 6.07) is 0. The Morgan fingerprint density at radius 2 is 2.53 bits per heavy atom. The van der Waals surface area contributed by atoms with Gasteiger partial charge < -0.3 is 15.3 Å². The number of ether oxygens (including phenoxy) is 1. The molecule has 0 unspecified atom stereocenters. The summed E-state index contributed by atoms with van der Waals surface area (Å²) < 4.78 is 16.1. The van der Waals surface area contributed by atoms with Crippen molar-refractivity contribution < 1.29 is 18.8 Å². The fourth-order valence-corrected chi connectivity index (χ4v) is 1.32. The third-order valence-electron chi connectivity index (χ3n) is 1.35. The molecule has 82 valence electrons. The second-order valence-corrected chi connectivity index (χ2v) is 3.13. The van der Waals surface area contributed by atoms with Gasteiger partial charge in [0, 0.05) is 5.38 Å². The molecule has 0 radical (unpaired) electrons. The monoisotopic (exact) mass is 233 g/mol. The smallest absolute Gasteiger partial charge is 0.362 e. The Hall–Kier alpha value is -1.70. The lowest BCUT2D eigenvalue weighted by molar-refractivity contribution is -0.132. The number of halogens is 1. The quantitative estimate of drug-likeness (QED) is 0.466. The van der Waals surface area contributed by atoms with Crippen LogP contribution in [-0.4, -0.2) is 30.6 Å². The van der Waals surface area contributed by atoms with Crippen LogP contribution in [0.5, 0.6) is 0 Å². The van der Waals surface area contributed by atoms with Gasteiger partial charge >= 0.3 is 5.97 Å². The van der Waals surface area contributed by atoms with Crippen LogP contribution >= 0.6 is 11.3 Å². The molecule has 0 spiro atoms. The van der Waals surface area contributed by atoms with Crippen molar-refractivity contribution in [3.05, 3.63) is 11.1 Å². The molecule has 0 amide bonds. The van der Waals surface area contributed by atoms with Crippen LogP contribution in [0.1, 0.15) is 5.69 Å². The zero-order valence-electron chi connectivity index (χ0n) is 7.77. The largest absolute Gasteiger partial charge is 0.464 e. The molecule has 0 aliphatic rings. The van der Waals surface area contributed by atoms with Crippen molar-refractivity contribution in [3.8, 4) is 0 Å². The van der Waals surface area contributed by atoms with E-state index in [-0.39, 0.29) is 16.5 Å². The van der Waals surface area contributed by atoms with Gasteiger partial charge in [0.25, 0.3) is 6.86 Å². The summed E-state index contributed by atoms with van der Waals surface area (Å²) in [5.74, 6) is -0.770. The molecular weight excluding hydrogens is 225 g/mol. The normalized spacial score (nSPS) is 11.2. The lowest BCUT2D eigenvalue weighted by atomic mass is 10.3. The first-order valence-corrected chi connectivity index (χ1v) is 4.62. The van der Waals surface area contributed by atoms with E-state index < -0.39 is 12.8 Å². The number of thiazole rings is 1. The lowest BCUT2D eigenvalue weighted by Gasteiger charge is -1.99. The predicted molar refractivity (Wildman–Crippen MR) is 52.1 cm³/mol. The van der Waals surface area contributed by atoms with Crippen LogP contribution in [0.25, 0.3) is 0 Å². The summed E-state index contributed by atoms with van der Waals surface area (Å²) in [6.07, 6.45) is 0. The van der Waals surface area contributed by atoms with Crippen LogP contribution < -0.4 is 5.73 Å². The fourth-order valence-electron chi connectivity index (χ4n) is 0.771. The molecule has 0 atom stereocenters. The number of alkyl halides is 1. The maximum Gasteiger partial charge on any atom is 0.362 e. The minimum Gasteiger partial charge on any atom is -0.464 e. The van der Waals surface area contributed by atoms with Gasteiger partial charge in [-0.05, 0) is 0 Å². The molecule has 0 aliphatic heterocycles. The molecule has 6 nitrogen and oxygen atoms in total. The average molecular weight is 233 g/mol. The standard InChI is InChI=1S/C7H8FN3O3S/c1-13-6(12)5(11-14-3-8)4-2-15-7(9)10-4/h2H,3H2,1H3,(H2,9,10). The third kappa shape index (κ3) is 2.88. The maximum atomic E-state index is 11.7. The van der Waals surface area contributed by atoms with Crippen molar-refractivity contribution in [3.63, 3.8) is 0 Å². The van der Waals surface area contributed by atoms with E-state index in [1.54, 1.807) is 0 Å². The fraction of sp³-hybridized carbons (Fsp3) is 0.286. The second kappa shape index (κ2) is 5.25. The molecule has 0 aliphatic carbocycles. The van der Waals surface area contributed by atoms with Gasteiger partial charge in [-0.25, -0.2) is 14.2 Å². The molecule has 1 aromatic heterocycles. The van der Waals surface area contributed by atoms with Crippen LogP contribution in [0.15, 0.2) is 10.5 Å². The summed E-state index contributed by atoms with van der Waals surface area (Å²) >= 11 is 1.12. The van der Waals surface area contributed by atoms with E-state index in [2.05, 4.69) is 19.7 Å². The average Bonchev–Trinajstić information content (AvgIpc) is 2.65. The van der Waals surface area contributed by atoms with E-state index in [9.17, 15) is 9.18 Å². The molecule has 15 heavy (non-hydrogen) atoms. The predicted octanol–water partition coefficient (Wildman–Crippen LogP) is 0.546. The van der Waals surface area contributed by atoms with Crippen molar-refractivity contribution in [1.82, 2.24) is 4.98 Å². The number of anilines is 1. The Bertz CT molecular complexity index is 379. The van der Waals surface area contributed by atoms with Gasteiger partial charge in [0.05, 0.1) is 7.11 Å². The van der Waals surface area contributed by atoms with Gasteiger partial charge in [-0.3, -0.25) is 0 Å². The highest BCUT2D eigenvalue weighted by Crippen LogP contribution is 2.12. The number of hydrogen-bond donors (Lipinski definition) is 1. The summed E-state index contributed by atoms with van der Waals surface area (Å²) in [7, 11) is 1.17. The summed E-state index contributed by atoms with van der Waals surface area (Å²) in [6.45, 7) is -1.14. The van der Waals surface area contributed by atoms with Gasteiger partial charge in [0.2, 0.25) is 5.71 Å². The minimum atomic E-state index is -1.14. The Morgan fingerprint density at radius 3 is 3.00 bits per heavy atom. The van der Waals surface area contributed by atoms with Crippen LogP contribution in [0.2, 0.25) is 0 Å². The summed E-state index contributed by atoms with van der Waals surface area (Å²) in [4.78, 5) is 19.1. The Balaban J connectivity index is 2.95. The van der Waals surface area contributed by atoms with Crippen molar-refractivity contribution in [2.24, 2.45) is 5.16 Å². The van der Waals surface area contributed by atoms with E-state index in [4.69, 9.17) is 5.73 Å². The van der Waals surface area contributed by atoms with Crippen LogP contribution in [-0.2, 0) is 14.4 Å². The highest BCUT2D eigenvalue weighted by molar-refractivity contribution is 7.13. The molecule has 0 saturated heterocycles. The SMILES string of the molecule is COC(=O)C(=NOCF)c1csc(N)n1. The molecule has 0 bridgehead atoms. The van der Waals surface area contributed by atoms with E-state index in [0.717, 1.165) is 11.3 Å². The number of esters is 1. The number of rotatable bonds is 4. The lowest BCUT2D eigenvalue weighted by Crippen LogP contribution is -2.18. The van der Waals surface area contributed by atoms with Gasteiger partial charge in [0.1, 0.15) is 5.69 Å². The first kappa shape index (κ1) is 11.4. The van der Waals surface area contributed by atoms with Gasteiger partial charge in [-0.15, -0.1) is 11.3 Å². The molecule has 2 N–H and O–H groups in total. The molecule has 8 heteroatoms. The van der Waals surface area contributed by atoms with Crippen LogP contribution in [0.4, 0.5) is 9.52 Å². The maximum absolute atomic E-state index is 11.7. The van der Waals surface area contributed by atoms with Crippen molar-refractivity contribution in [2.45, 2.75) is 0 Å². The topological polar surface area (TPSA) is 86.8 Å². The highest BCUT2D eigenvalue weighted by Gasteiger charge is 2.18. The zero-order chi connectivity index (χ0) is 11.3. The van der Waals surface area contributed by atoms with Gasteiger partial charge in [0.15, 0.2) is 5.13 Å².